The topological polar surface area (TPSA) is 64.5 Å². The van der Waals surface area contributed by atoms with Gasteiger partial charge in [-0.05, 0) is 44.4 Å². The first kappa shape index (κ1) is 13.0. The van der Waals surface area contributed by atoms with Crippen molar-refractivity contribution in [3.63, 3.8) is 0 Å². The van der Waals surface area contributed by atoms with Crippen LogP contribution in [0.15, 0.2) is 12.4 Å². The molecule has 0 spiro atoms. The highest BCUT2D eigenvalue weighted by Crippen LogP contribution is 2.33. The van der Waals surface area contributed by atoms with Crippen LogP contribution in [-0.2, 0) is 4.84 Å². The second kappa shape index (κ2) is 5.26. The Hall–Kier alpha value is -1.69. The van der Waals surface area contributed by atoms with Crippen LogP contribution in [-0.4, -0.2) is 39.7 Å². The van der Waals surface area contributed by atoms with E-state index in [1.807, 2.05) is 0 Å². The summed E-state index contributed by atoms with van der Waals surface area (Å²) in [6.07, 6.45) is 9.81. The molecule has 1 aromatic rings. The van der Waals surface area contributed by atoms with Gasteiger partial charge in [0.15, 0.2) is 0 Å². The maximum Gasteiger partial charge on any atom is 0.297 e. The van der Waals surface area contributed by atoms with Crippen molar-refractivity contribution < 1.29 is 14.4 Å². The maximum absolute atomic E-state index is 12.4. The van der Waals surface area contributed by atoms with Crippen LogP contribution in [0.2, 0.25) is 0 Å². The molecule has 5 rings (SSSR count). The lowest BCUT2D eigenvalue weighted by Gasteiger charge is -2.43. The molecule has 4 fully saturated rings. The Morgan fingerprint density at radius 1 is 1.19 bits per heavy atom. The molecule has 0 radical (unpaired) electrons. The summed E-state index contributed by atoms with van der Waals surface area (Å²) in [4.78, 5) is 26.5. The third-order valence-electron chi connectivity index (χ3n) is 4.45. The molecule has 4 aliphatic rings. The van der Waals surface area contributed by atoms with Gasteiger partial charge in [0.25, 0.3) is 5.91 Å². The Balaban J connectivity index is 1.41. The summed E-state index contributed by atoms with van der Waals surface area (Å²) in [6, 6.07) is 0.190. The number of hydroxylamine groups is 2. The monoisotopic (exact) mass is 289 g/mol. The normalized spacial score (nSPS) is 27.7. The van der Waals surface area contributed by atoms with Crippen LogP contribution in [0.1, 0.15) is 49.0 Å². The van der Waals surface area contributed by atoms with Crippen molar-refractivity contribution in [2.75, 3.05) is 6.61 Å². The average Bonchev–Trinajstić information content (AvgIpc) is 3.38. The number of rotatable bonds is 4. The van der Waals surface area contributed by atoms with E-state index in [1.54, 1.807) is 0 Å². The molecule has 3 heterocycles. The Morgan fingerprint density at radius 2 is 2.00 bits per heavy atom. The van der Waals surface area contributed by atoms with Gasteiger partial charge < -0.3 is 4.74 Å². The molecule has 0 N–H and O–H groups in total. The van der Waals surface area contributed by atoms with Crippen LogP contribution in [0.3, 0.4) is 0 Å². The lowest BCUT2D eigenvalue weighted by Crippen LogP contribution is -2.51. The molecule has 0 aromatic carbocycles. The molecule has 21 heavy (non-hydrogen) atoms. The summed E-state index contributed by atoms with van der Waals surface area (Å²) < 4.78 is 5.53. The van der Waals surface area contributed by atoms with Crippen molar-refractivity contribution in [3.05, 3.63) is 18.1 Å². The Labute approximate surface area is 123 Å². The minimum Gasteiger partial charge on any atom is -0.476 e. The summed E-state index contributed by atoms with van der Waals surface area (Å²) in [6.45, 7) is 0.695. The third-order valence-corrected chi connectivity index (χ3v) is 4.45. The first-order chi connectivity index (χ1) is 10.3. The number of ether oxygens (including phenoxy) is 1. The zero-order valence-electron chi connectivity index (χ0n) is 11.9. The first-order valence-electron chi connectivity index (χ1n) is 7.75. The van der Waals surface area contributed by atoms with Crippen LogP contribution in [0.5, 0.6) is 5.88 Å². The van der Waals surface area contributed by atoms with E-state index in [4.69, 9.17) is 9.57 Å². The second-order valence-corrected chi connectivity index (χ2v) is 6.16. The highest BCUT2D eigenvalue weighted by Gasteiger charge is 2.38. The molecule has 112 valence electrons. The zero-order chi connectivity index (χ0) is 14.2. The molecule has 1 amide bonds. The molecule has 0 atom stereocenters. The van der Waals surface area contributed by atoms with Crippen LogP contribution >= 0.6 is 0 Å². The number of carbonyl (C=O) groups excluding carboxylic acids is 1. The van der Waals surface area contributed by atoms with Crippen molar-refractivity contribution in [1.82, 2.24) is 15.0 Å². The van der Waals surface area contributed by atoms with Crippen LogP contribution in [0, 0.1) is 5.92 Å². The largest absolute Gasteiger partial charge is 0.476 e. The number of nitrogens with zero attached hydrogens (tertiary/aromatic N) is 3. The SMILES string of the molecule is O=C(c1cnc(OCC2CC2)cn1)N1OC2CCC1CC2. The molecular formula is C15H19N3O3. The van der Waals surface area contributed by atoms with E-state index in [0.717, 1.165) is 25.7 Å². The smallest absolute Gasteiger partial charge is 0.297 e. The van der Waals surface area contributed by atoms with Crippen molar-refractivity contribution in [1.29, 1.82) is 0 Å². The summed E-state index contributed by atoms with van der Waals surface area (Å²) in [5.74, 6) is 0.968. The fourth-order valence-electron chi connectivity index (χ4n) is 2.95. The van der Waals surface area contributed by atoms with Gasteiger partial charge in [-0.2, -0.15) is 0 Å². The standard InChI is InChI=1S/C15H19N3O3/c19-15(18-11-3-5-12(21-18)6-4-11)13-7-17-14(8-16-13)20-9-10-1-2-10/h7-8,10-12H,1-6,9H2. The van der Waals surface area contributed by atoms with Gasteiger partial charge in [0.2, 0.25) is 5.88 Å². The zero-order valence-corrected chi connectivity index (χ0v) is 11.9. The van der Waals surface area contributed by atoms with Crippen molar-refractivity contribution in [3.8, 4) is 5.88 Å². The highest BCUT2D eigenvalue weighted by atomic mass is 16.7. The third kappa shape index (κ3) is 2.72. The molecule has 2 saturated carbocycles. The Bertz CT molecular complexity index is 521. The van der Waals surface area contributed by atoms with Gasteiger partial charge in [0.05, 0.1) is 31.1 Å². The lowest BCUT2D eigenvalue weighted by atomic mass is 9.91. The van der Waals surface area contributed by atoms with Gasteiger partial charge in [0, 0.05) is 0 Å². The summed E-state index contributed by atoms with van der Waals surface area (Å²) in [5.41, 5.74) is 0.321. The first-order valence-corrected chi connectivity index (χ1v) is 7.75. The van der Waals surface area contributed by atoms with Gasteiger partial charge in [-0.25, -0.2) is 15.0 Å². The molecule has 1 aromatic heterocycles. The average molecular weight is 289 g/mol. The minimum atomic E-state index is -0.189. The minimum absolute atomic E-state index is 0.188. The van der Waals surface area contributed by atoms with Crippen LogP contribution < -0.4 is 4.74 Å². The van der Waals surface area contributed by atoms with E-state index in [-0.39, 0.29) is 18.1 Å². The van der Waals surface area contributed by atoms with Gasteiger partial charge in [-0.15, -0.1) is 0 Å². The molecule has 2 aliphatic carbocycles. The van der Waals surface area contributed by atoms with Crippen molar-refractivity contribution >= 4 is 5.91 Å². The van der Waals surface area contributed by atoms with E-state index in [0.29, 0.717) is 24.1 Å². The molecular weight excluding hydrogens is 270 g/mol. The van der Waals surface area contributed by atoms with Gasteiger partial charge >= 0.3 is 0 Å². The predicted molar refractivity (Wildman–Crippen MR) is 73.5 cm³/mol. The van der Waals surface area contributed by atoms with Crippen molar-refractivity contribution in [2.45, 2.75) is 50.7 Å². The number of hydrogen-bond donors (Lipinski definition) is 0. The quantitative estimate of drug-likeness (QED) is 0.848. The summed E-state index contributed by atoms with van der Waals surface area (Å²) in [7, 11) is 0. The second-order valence-electron chi connectivity index (χ2n) is 6.16. The van der Waals surface area contributed by atoms with Gasteiger partial charge in [-0.1, -0.05) is 0 Å². The van der Waals surface area contributed by atoms with E-state index in [1.165, 1.54) is 30.3 Å². The number of amides is 1. The number of carbonyl (C=O) groups is 1. The van der Waals surface area contributed by atoms with Crippen LogP contribution in [0.25, 0.3) is 0 Å². The van der Waals surface area contributed by atoms with E-state index < -0.39 is 0 Å². The molecule has 6 heteroatoms. The Kier molecular flexibility index (Phi) is 3.25. The van der Waals surface area contributed by atoms with E-state index in [2.05, 4.69) is 9.97 Å². The lowest BCUT2D eigenvalue weighted by molar-refractivity contribution is -0.242. The molecule has 2 saturated heterocycles. The predicted octanol–water partition coefficient (Wildman–Crippen LogP) is 1.96. The summed E-state index contributed by atoms with van der Waals surface area (Å²) >= 11 is 0. The van der Waals surface area contributed by atoms with E-state index in [9.17, 15) is 4.79 Å². The summed E-state index contributed by atoms with van der Waals surface area (Å²) in [5, 5.41) is 1.51. The van der Waals surface area contributed by atoms with Crippen LogP contribution in [0.4, 0.5) is 0 Å². The number of hydrogen-bond acceptors (Lipinski definition) is 5. The van der Waals surface area contributed by atoms with Gasteiger partial charge in [-0.3, -0.25) is 9.63 Å². The fourth-order valence-corrected chi connectivity index (χ4v) is 2.95. The molecule has 2 aliphatic heterocycles. The molecule has 0 unspecified atom stereocenters. The Morgan fingerprint density at radius 3 is 2.57 bits per heavy atom. The molecule has 2 bridgehead atoms. The highest BCUT2D eigenvalue weighted by molar-refractivity contribution is 5.91. The number of fused-ring (bicyclic) bond motifs is 3. The van der Waals surface area contributed by atoms with Gasteiger partial charge in [0.1, 0.15) is 5.69 Å². The maximum atomic E-state index is 12.4. The van der Waals surface area contributed by atoms with E-state index >= 15 is 0 Å². The molecule has 6 nitrogen and oxygen atoms in total. The number of aromatic nitrogens is 2. The van der Waals surface area contributed by atoms with Crippen molar-refractivity contribution in [2.24, 2.45) is 5.92 Å². The fraction of sp³-hybridized carbons (Fsp3) is 0.667.